The van der Waals surface area contributed by atoms with Crippen LogP contribution in [-0.4, -0.2) is 31.9 Å². The van der Waals surface area contributed by atoms with Gasteiger partial charge in [-0.3, -0.25) is 4.79 Å². The zero-order valence-electron chi connectivity index (χ0n) is 16.7. The third-order valence-electron chi connectivity index (χ3n) is 7.65. The highest BCUT2D eigenvalue weighted by molar-refractivity contribution is 5.86. The van der Waals surface area contributed by atoms with Gasteiger partial charge in [0.15, 0.2) is 0 Å². The molecule has 3 aliphatic rings. The lowest BCUT2D eigenvalue weighted by Gasteiger charge is -2.57. The van der Waals surface area contributed by atoms with E-state index in [0.717, 1.165) is 44.1 Å². The Bertz CT molecular complexity index is 626. The van der Waals surface area contributed by atoms with E-state index in [-0.39, 0.29) is 23.3 Å². The Morgan fingerprint density at radius 1 is 1.23 bits per heavy atom. The fraction of sp³-hybridized carbons (Fsp3) is 0.810. The summed E-state index contributed by atoms with van der Waals surface area (Å²) >= 11 is 0. The first-order valence-corrected chi connectivity index (χ1v) is 9.77. The van der Waals surface area contributed by atoms with Crippen LogP contribution in [0.1, 0.15) is 65.7 Å². The molecule has 0 saturated heterocycles. The Kier molecular flexibility index (Phi) is 4.97. The molecule has 2 unspecified atom stereocenters. The molecule has 0 amide bonds. The van der Waals surface area contributed by atoms with Crippen molar-refractivity contribution in [3.8, 4) is 0 Å². The van der Waals surface area contributed by atoms with Crippen molar-refractivity contribution in [1.82, 2.24) is 0 Å². The minimum absolute atomic E-state index is 0.0141. The number of carbonyl (C=O) groups excluding carboxylic acids is 2. The van der Waals surface area contributed by atoms with Crippen molar-refractivity contribution in [2.45, 2.75) is 71.5 Å². The van der Waals surface area contributed by atoms with Crippen LogP contribution in [0, 0.1) is 22.7 Å². The van der Waals surface area contributed by atoms with E-state index in [2.05, 4.69) is 13.8 Å². The molecule has 0 aromatic carbocycles. The maximum atomic E-state index is 12.6. The monoisotopic (exact) mass is 364 g/mol. The van der Waals surface area contributed by atoms with Gasteiger partial charge in [0, 0.05) is 25.2 Å². The van der Waals surface area contributed by atoms with E-state index in [0.29, 0.717) is 12.3 Å². The summed E-state index contributed by atoms with van der Waals surface area (Å²) in [6, 6.07) is 0. The number of ether oxygens (including phenoxy) is 3. The van der Waals surface area contributed by atoms with Crippen LogP contribution in [0.3, 0.4) is 0 Å². The molecule has 0 aromatic rings. The Balaban J connectivity index is 1.91. The molecule has 0 bridgehead atoms. The molecular formula is C21H32O5. The Hall–Kier alpha value is -1.36. The highest BCUT2D eigenvalue weighted by atomic mass is 16.7. The predicted molar refractivity (Wildman–Crippen MR) is 97.1 cm³/mol. The van der Waals surface area contributed by atoms with Crippen LogP contribution in [-0.2, 0) is 23.8 Å². The number of fused-ring (bicyclic) bond motifs is 1. The van der Waals surface area contributed by atoms with Gasteiger partial charge >= 0.3 is 11.9 Å². The standard InChI is InChI=1S/C21H32O5/c1-14-12-17(22)26-21(14,25-5)13-15-8-6-9-16-19(15,2)10-7-11-20(16,3)18(23)24-4/h12,15-16H,6-11,13H2,1-5H3/t15-,16?,19-,20+,21?/m1/s1. The molecule has 0 spiro atoms. The SMILES string of the molecule is COC(=O)[C@@]1(C)CCC[C@@]2(C)C1CCC[C@@H]2CC1(OC)OC(=O)C=C1C. The zero-order chi connectivity index (χ0) is 19.2. The summed E-state index contributed by atoms with van der Waals surface area (Å²) < 4.78 is 16.5. The fourth-order valence-corrected chi connectivity index (χ4v) is 6.13. The topological polar surface area (TPSA) is 61.8 Å². The molecule has 5 atom stereocenters. The smallest absolute Gasteiger partial charge is 0.333 e. The maximum absolute atomic E-state index is 12.6. The van der Waals surface area contributed by atoms with Crippen LogP contribution in [0.15, 0.2) is 11.6 Å². The van der Waals surface area contributed by atoms with Crippen molar-refractivity contribution >= 4 is 11.9 Å². The van der Waals surface area contributed by atoms with E-state index < -0.39 is 11.2 Å². The molecule has 3 rings (SSSR count). The quantitative estimate of drug-likeness (QED) is 0.706. The van der Waals surface area contributed by atoms with Gasteiger partial charge in [-0.25, -0.2) is 4.79 Å². The van der Waals surface area contributed by atoms with E-state index >= 15 is 0 Å². The fourth-order valence-electron chi connectivity index (χ4n) is 6.13. The lowest BCUT2D eigenvalue weighted by molar-refractivity contribution is -0.210. The van der Waals surface area contributed by atoms with E-state index in [1.165, 1.54) is 13.2 Å². The minimum atomic E-state index is -0.953. The number of esters is 2. The van der Waals surface area contributed by atoms with Crippen LogP contribution in [0.2, 0.25) is 0 Å². The van der Waals surface area contributed by atoms with Gasteiger partial charge in [-0.05, 0) is 56.8 Å². The van der Waals surface area contributed by atoms with Crippen molar-refractivity contribution in [1.29, 1.82) is 0 Å². The Labute approximate surface area is 156 Å². The number of cyclic esters (lactones) is 1. The van der Waals surface area contributed by atoms with Gasteiger partial charge in [0.2, 0.25) is 5.79 Å². The third-order valence-corrected chi connectivity index (χ3v) is 7.65. The van der Waals surface area contributed by atoms with Crippen LogP contribution in [0.5, 0.6) is 0 Å². The Morgan fingerprint density at radius 2 is 1.96 bits per heavy atom. The first-order valence-electron chi connectivity index (χ1n) is 9.77. The largest absolute Gasteiger partial charge is 0.469 e. The van der Waals surface area contributed by atoms with Crippen LogP contribution in [0.4, 0.5) is 0 Å². The molecule has 0 N–H and O–H groups in total. The molecule has 2 saturated carbocycles. The van der Waals surface area contributed by atoms with Gasteiger partial charge in [0.25, 0.3) is 0 Å². The summed E-state index contributed by atoms with van der Waals surface area (Å²) in [6.45, 7) is 6.30. The molecular weight excluding hydrogens is 332 g/mol. The molecule has 5 nitrogen and oxygen atoms in total. The molecule has 0 aromatic heterocycles. The number of rotatable bonds is 4. The van der Waals surface area contributed by atoms with Crippen LogP contribution >= 0.6 is 0 Å². The average Bonchev–Trinajstić information content (AvgIpc) is 2.89. The van der Waals surface area contributed by atoms with Crippen molar-refractivity contribution in [2.75, 3.05) is 14.2 Å². The summed E-state index contributed by atoms with van der Waals surface area (Å²) in [5, 5.41) is 0. The molecule has 2 aliphatic carbocycles. The lowest BCUT2D eigenvalue weighted by Crippen LogP contribution is -2.54. The van der Waals surface area contributed by atoms with Crippen molar-refractivity contribution in [3.05, 3.63) is 11.6 Å². The van der Waals surface area contributed by atoms with Gasteiger partial charge < -0.3 is 14.2 Å². The highest BCUT2D eigenvalue weighted by Crippen LogP contribution is 2.62. The van der Waals surface area contributed by atoms with Crippen molar-refractivity contribution < 1.29 is 23.8 Å². The number of carbonyl (C=O) groups is 2. The van der Waals surface area contributed by atoms with Crippen molar-refractivity contribution in [3.63, 3.8) is 0 Å². The van der Waals surface area contributed by atoms with Gasteiger partial charge in [0.1, 0.15) is 0 Å². The summed E-state index contributed by atoms with van der Waals surface area (Å²) in [4.78, 5) is 24.4. The Morgan fingerprint density at radius 3 is 2.54 bits per heavy atom. The molecule has 1 aliphatic heterocycles. The molecule has 1 heterocycles. The number of hydrogen-bond acceptors (Lipinski definition) is 5. The molecule has 0 radical (unpaired) electrons. The predicted octanol–water partition coefficient (Wildman–Crippen LogP) is 4.01. The normalized spacial score (nSPS) is 42.7. The van der Waals surface area contributed by atoms with Gasteiger partial charge in [-0.2, -0.15) is 0 Å². The first-order chi connectivity index (χ1) is 12.2. The number of hydrogen-bond donors (Lipinski definition) is 0. The van der Waals surface area contributed by atoms with E-state index in [9.17, 15) is 9.59 Å². The number of methoxy groups -OCH3 is 2. The van der Waals surface area contributed by atoms with Crippen LogP contribution in [0.25, 0.3) is 0 Å². The van der Waals surface area contributed by atoms with Gasteiger partial charge in [0.05, 0.1) is 12.5 Å². The maximum Gasteiger partial charge on any atom is 0.333 e. The van der Waals surface area contributed by atoms with Crippen molar-refractivity contribution in [2.24, 2.45) is 22.7 Å². The summed E-state index contributed by atoms with van der Waals surface area (Å²) in [6.07, 6.45) is 8.37. The molecule has 5 heteroatoms. The average molecular weight is 364 g/mol. The molecule has 146 valence electrons. The second-order valence-corrected chi connectivity index (χ2v) is 8.86. The van der Waals surface area contributed by atoms with Crippen LogP contribution < -0.4 is 0 Å². The first kappa shape index (κ1) is 19.4. The molecule has 2 fully saturated rings. The zero-order valence-corrected chi connectivity index (χ0v) is 16.7. The molecule has 26 heavy (non-hydrogen) atoms. The lowest BCUT2D eigenvalue weighted by atomic mass is 9.47. The summed E-state index contributed by atoms with van der Waals surface area (Å²) in [5.74, 6) is -0.750. The van der Waals surface area contributed by atoms with E-state index in [4.69, 9.17) is 14.2 Å². The highest BCUT2D eigenvalue weighted by Gasteiger charge is 2.59. The van der Waals surface area contributed by atoms with Gasteiger partial charge in [-0.15, -0.1) is 0 Å². The minimum Gasteiger partial charge on any atom is -0.469 e. The van der Waals surface area contributed by atoms with E-state index in [1.54, 1.807) is 7.11 Å². The van der Waals surface area contributed by atoms with Gasteiger partial charge in [-0.1, -0.05) is 19.8 Å². The summed E-state index contributed by atoms with van der Waals surface area (Å²) in [7, 11) is 3.10. The summed E-state index contributed by atoms with van der Waals surface area (Å²) in [5.41, 5.74) is 0.417. The second kappa shape index (κ2) is 6.66. The third kappa shape index (κ3) is 2.79. The van der Waals surface area contributed by atoms with E-state index in [1.807, 2.05) is 6.92 Å². The second-order valence-electron chi connectivity index (χ2n) is 8.86.